The van der Waals surface area contributed by atoms with E-state index in [-0.39, 0.29) is 11.9 Å². The highest BCUT2D eigenvalue weighted by molar-refractivity contribution is 7.98. The van der Waals surface area contributed by atoms with Gasteiger partial charge in [-0.15, -0.1) is 11.8 Å². The molecule has 0 radical (unpaired) electrons. The second kappa shape index (κ2) is 10.9. The van der Waals surface area contributed by atoms with Gasteiger partial charge >= 0.3 is 0 Å². The molecule has 0 fully saturated rings. The minimum Gasteiger partial charge on any atom is -0.493 e. The quantitative estimate of drug-likeness (QED) is 0.445. The average molecular weight is 442 g/mol. The number of hydrogen-bond acceptors (Lipinski definition) is 7. The third-order valence-electron chi connectivity index (χ3n) is 4.56. The molecule has 7 nitrogen and oxygen atoms in total. The fourth-order valence-electron chi connectivity index (χ4n) is 2.96. The summed E-state index contributed by atoms with van der Waals surface area (Å²) in [5.74, 6) is 2.85. The standard InChI is InChI=1S/C23H27N3O4S/c1-5-12-29-19-11-10-17(13-20(19)28-4)15(2)24-23(27)18-8-6-7-9-21(18)31-14-22-25-16(3)30-26-22/h6-11,13,15H,5,12,14H2,1-4H3,(H,24,27). The zero-order valence-corrected chi connectivity index (χ0v) is 19.0. The molecule has 1 atom stereocenters. The maximum Gasteiger partial charge on any atom is 0.252 e. The molecule has 0 saturated carbocycles. The molecule has 0 aliphatic heterocycles. The van der Waals surface area contributed by atoms with Gasteiger partial charge in [0.2, 0.25) is 5.89 Å². The first-order valence-corrected chi connectivity index (χ1v) is 11.1. The number of aryl methyl sites for hydroxylation is 1. The van der Waals surface area contributed by atoms with Gasteiger partial charge in [0.15, 0.2) is 17.3 Å². The van der Waals surface area contributed by atoms with Crippen LogP contribution in [0.15, 0.2) is 51.9 Å². The van der Waals surface area contributed by atoms with Crippen molar-refractivity contribution in [3.8, 4) is 11.5 Å². The summed E-state index contributed by atoms with van der Waals surface area (Å²) < 4.78 is 16.2. The summed E-state index contributed by atoms with van der Waals surface area (Å²) in [6.07, 6.45) is 0.918. The topological polar surface area (TPSA) is 86.5 Å². The molecule has 31 heavy (non-hydrogen) atoms. The van der Waals surface area contributed by atoms with Crippen LogP contribution in [0.5, 0.6) is 11.5 Å². The van der Waals surface area contributed by atoms with Crippen LogP contribution in [-0.2, 0) is 5.75 Å². The fraction of sp³-hybridized carbons (Fsp3) is 0.348. The van der Waals surface area contributed by atoms with Crippen molar-refractivity contribution in [1.29, 1.82) is 0 Å². The molecule has 3 aromatic rings. The SMILES string of the molecule is CCCOc1ccc(C(C)NC(=O)c2ccccc2SCc2noc(C)n2)cc1OC. The van der Waals surface area contributed by atoms with E-state index in [2.05, 4.69) is 22.4 Å². The number of carbonyl (C=O) groups excluding carboxylic acids is 1. The molecule has 0 saturated heterocycles. The molecule has 0 spiro atoms. The van der Waals surface area contributed by atoms with Gasteiger partial charge in [-0.25, -0.2) is 0 Å². The Labute approximate surface area is 186 Å². The number of nitrogens with one attached hydrogen (secondary N) is 1. The van der Waals surface area contributed by atoms with E-state index in [9.17, 15) is 4.79 Å². The van der Waals surface area contributed by atoms with E-state index in [0.717, 1.165) is 16.9 Å². The van der Waals surface area contributed by atoms with Crippen molar-refractivity contribution in [2.24, 2.45) is 0 Å². The number of carbonyl (C=O) groups is 1. The monoisotopic (exact) mass is 441 g/mol. The Morgan fingerprint density at radius 3 is 2.74 bits per heavy atom. The molecule has 164 valence electrons. The lowest BCUT2D eigenvalue weighted by atomic mass is 10.1. The third kappa shape index (κ3) is 6.01. The number of hydrogen-bond donors (Lipinski definition) is 1. The summed E-state index contributed by atoms with van der Waals surface area (Å²) in [5.41, 5.74) is 1.54. The summed E-state index contributed by atoms with van der Waals surface area (Å²) in [4.78, 5) is 18.1. The number of methoxy groups -OCH3 is 1. The second-order valence-electron chi connectivity index (χ2n) is 6.97. The molecule has 1 aromatic heterocycles. The van der Waals surface area contributed by atoms with Crippen molar-refractivity contribution < 1.29 is 18.8 Å². The normalized spacial score (nSPS) is 11.7. The van der Waals surface area contributed by atoms with Gasteiger partial charge in [-0.1, -0.05) is 30.3 Å². The van der Waals surface area contributed by atoms with Gasteiger partial charge in [0.05, 0.1) is 31.1 Å². The van der Waals surface area contributed by atoms with E-state index in [1.165, 1.54) is 11.8 Å². The lowest BCUT2D eigenvalue weighted by molar-refractivity contribution is 0.0937. The smallest absolute Gasteiger partial charge is 0.252 e. The van der Waals surface area contributed by atoms with Crippen LogP contribution in [0.3, 0.4) is 0 Å². The van der Waals surface area contributed by atoms with Crippen molar-refractivity contribution in [2.75, 3.05) is 13.7 Å². The van der Waals surface area contributed by atoms with Gasteiger partial charge in [0, 0.05) is 11.8 Å². The maximum absolute atomic E-state index is 13.0. The Morgan fingerprint density at radius 1 is 1.23 bits per heavy atom. The second-order valence-corrected chi connectivity index (χ2v) is 7.99. The van der Waals surface area contributed by atoms with Gasteiger partial charge in [0.1, 0.15) is 0 Å². The average Bonchev–Trinajstić information content (AvgIpc) is 3.21. The zero-order chi connectivity index (χ0) is 22.2. The molecule has 8 heteroatoms. The van der Waals surface area contributed by atoms with Crippen molar-refractivity contribution >= 4 is 17.7 Å². The van der Waals surface area contributed by atoms with Crippen LogP contribution in [0.4, 0.5) is 0 Å². The predicted octanol–water partition coefficient (Wildman–Crippen LogP) is 4.96. The molecule has 3 rings (SSSR count). The highest BCUT2D eigenvalue weighted by Crippen LogP contribution is 2.31. The first-order valence-electron chi connectivity index (χ1n) is 10.1. The Hall–Kier alpha value is -3.00. The maximum atomic E-state index is 13.0. The van der Waals surface area contributed by atoms with Crippen LogP contribution in [-0.4, -0.2) is 29.8 Å². The van der Waals surface area contributed by atoms with Gasteiger partial charge in [0.25, 0.3) is 5.91 Å². The van der Waals surface area contributed by atoms with Crippen molar-refractivity contribution in [3.05, 3.63) is 65.3 Å². The summed E-state index contributed by atoms with van der Waals surface area (Å²) in [5, 5.41) is 6.98. The van der Waals surface area contributed by atoms with E-state index in [1.54, 1.807) is 14.0 Å². The Bertz CT molecular complexity index is 1020. The minimum absolute atomic E-state index is 0.148. The Balaban J connectivity index is 1.69. The lowest BCUT2D eigenvalue weighted by Crippen LogP contribution is -2.27. The lowest BCUT2D eigenvalue weighted by Gasteiger charge is -2.18. The minimum atomic E-state index is -0.209. The van der Waals surface area contributed by atoms with Crippen molar-refractivity contribution in [1.82, 2.24) is 15.5 Å². The summed E-state index contributed by atoms with van der Waals surface area (Å²) in [7, 11) is 1.61. The van der Waals surface area contributed by atoms with Crippen LogP contribution in [0.25, 0.3) is 0 Å². The fourth-order valence-corrected chi connectivity index (χ4v) is 3.86. The molecular formula is C23H27N3O4S. The molecule has 1 N–H and O–H groups in total. The molecule has 0 aliphatic carbocycles. The first-order chi connectivity index (χ1) is 15.0. The van der Waals surface area contributed by atoms with Gasteiger partial charge in [-0.2, -0.15) is 4.98 Å². The molecule has 1 amide bonds. The first kappa shape index (κ1) is 22.7. The number of amides is 1. The van der Waals surface area contributed by atoms with Gasteiger partial charge in [-0.3, -0.25) is 4.79 Å². The molecule has 0 bridgehead atoms. The third-order valence-corrected chi connectivity index (χ3v) is 5.62. The van der Waals surface area contributed by atoms with Crippen LogP contribution in [0.2, 0.25) is 0 Å². The van der Waals surface area contributed by atoms with Crippen LogP contribution >= 0.6 is 11.8 Å². The van der Waals surface area contributed by atoms with Crippen LogP contribution in [0.1, 0.15) is 53.9 Å². The van der Waals surface area contributed by atoms with Gasteiger partial charge in [-0.05, 0) is 43.2 Å². The number of benzene rings is 2. The van der Waals surface area contributed by atoms with E-state index in [1.807, 2.05) is 49.4 Å². The van der Waals surface area contributed by atoms with Crippen molar-refractivity contribution in [3.63, 3.8) is 0 Å². The summed E-state index contributed by atoms with van der Waals surface area (Å²) in [6.45, 7) is 6.37. The zero-order valence-electron chi connectivity index (χ0n) is 18.2. The van der Waals surface area contributed by atoms with Gasteiger partial charge < -0.3 is 19.3 Å². The summed E-state index contributed by atoms with van der Waals surface area (Å²) in [6, 6.07) is 13.0. The number of thioether (sulfide) groups is 1. The number of nitrogens with zero attached hydrogens (tertiary/aromatic N) is 2. The van der Waals surface area contributed by atoms with Crippen LogP contribution < -0.4 is 14.8 Å². The molecule has 1 unspecified atom stereocenters. The van der Waals surface area contributed by atoms with E-state index in [4.69, 9.17) is 14.0 Å². The molecule has 1 heterocycles. The Kier molecular flexibility index (Phi) is 7.94. The van der Waals surface area contributed by atoms with Crippen molar-refractivity contribution in [2.45, 2.75) is 43.9 Å². The molecule has 0 aliphatic rings. The van der Waals surface area contributed by atoms with E-state index >= 15 is 0 Å². The van der Waals surface area contributed by atoms with E-state index < -0.39 is 0 Å². The highest BCUT2D eigenvalue weighted by atomic mass is 32.2. The Morgan fingerprint density at radius 2 is 2.03 bits per heavy atom. The largest absolute Gasteiger partial charge is 0.493 e. The predicted molar refractivity (Wildman–Crippen MR) is 120 cm³/mol. The number of rotatable bonds is 10. The van der Waals surface area contributed by atoms with Crippen LogP contribution in [0, 0.1) is 6.92 Å². The number of aromatic nitrogens is 2. The molecule has 2 aromatic carbocycles. The van der Waals surface area contributed by atoms with E-state index in [0.29, 0.717) is 41.1 Å². The summed E-state index contributed by atoms with van der Waals surface area (Å²) >= 11 is 1.50. The number of ether oxygens (including phenoxy) is 2. The highest BCUT2D eigenvalue weighted by Gasteiger charge is 2.17. The molecular weight excluding hydrogens is 414 g/mol.